The van der Waals surface area contributed by atoms with E-state index >= 15 is 0 Å². The van der Waals surface area contributed by atoms with Crippen LogP contribution in [0.3, 0.4) is 0 Å². The minimum Gasteiger partial charge on any atom is -0.440 e. The van der Waals surface area contributed by atoms with Gasteiger partial charge in [0.15, 0.2) is 11.7 Å². The quantitative estimate of drug-likeness (QED) is 0.732. The van der Waals surface area contributed by atoms with Crippen LogP contribution in [0.15, 0.2) is 22.6 Å². The van der Waals surface area contributed by atoms with Crippen molar-refractivity contribution in [3.05, 3.63) is 46.2 Å². The zero-order valence-corrected chi connectivity index (χ0v) is 16.1. The Morgan fingerprint density at radius 1 is 1.23 bits per heavy atom. The van der Waals surface area contributed by atoms with E-state index in [1.807, 2.05) is 6.92 Å². The Morgan fingerprint density at radius 3 is 2.69 bits per heavy atom. The molecule has 1 aromatic heterocycles. The molecule has 0 N–H and O–H groups in total. The van der Waals surface area contributed by atoms with E-state index in [-0.39, 0.29) is 16.8 Å². The molecule has 2 aromatic rings. The summed E-state index contributed by atoms with van der Waals surface area (Å²) in [5.74, 6) is 1.07. The number of aromatic nitrogens is 1. The van der Waals surface area contributed by atoms with Crippen molar-refractivity contribution in [3.63, 3.8) is 0 Å². The number of rotatable bonds is 1. The van der Waals surface area contributed by atoms with Gasteiger partial charge in [0.05, 0.1) is 10.7 Å². The summed E-state index contributed by atoms with van der Waals surface area (Å²) in [6.45, 7) is 7.91. The molecule has 2 heterocycles. The summed E-state index contributed by atoms with van der Waals surface area (Å²) < 4.78 is 20.1. The molecule has 26 heavy (non-hydrogen) atoms. The lowest BCUT2D eigenvalue weighted by molar-refractivity contribution is 0.206. The van der Waals surface area contributed by atoms with Crippen LogP contribution in [0.2, 0.25) is 5.02 Å². The van der Waals surface area contributed by atoms with Crippen LogP contribution in [0.4, 0.5) is 4.39 Å². The van der Waals surface area contributed by atoms with Crippen molar-refractivity contribution in [2.75, 3.05) is 33.2 Å². The van der Waals surface area contributed by atoms with Crippen LogP contribution in [0.25, 0.3) is 17.0 Å². The first-order chi connectivity index (χ1) is 12.4. The van der Waals surface area contributed by atoms with Crippen LogP contribution in [-0.2, 0) is 0 Å². The summed E-state index contributed by atoms with van der Waals surface area (Å²) in [5.41, 5.74) is 3.71. The van der Waals surface area contributed by atoms with Gasteiger partial charge in [-0.25, -0.2) is 9.37 Å². The average molecular weight is 376 g/mol. The van der Waals surface area contributed by atoms with E-state index in [9.17, 15) is 4.39 Å². The van der Waals surface area contributed by atoms with E-state index in [1.165, 1.54) is 0 Å². The predicted molar refractivity (Wildman–Crippen MR) is 102 cm³/mol. The normalized spacial score (nSPS) is 22.9. The molecule has 1 atom stereocenters. The highest BCUT2D eigenvalue weighted by Crippen LogP contribution is 2.41. The first-order valence-corrected chi connectivity index (χ1v) is 9.42. The monoisotopic (exact) mass is 375 g/mol. The smallest absolute Gasteiger partial charge is 0.192 e. The van der Waals surface area contributed by atoms with Gasteiger partial charge >= 0.3 is 0 Å². The molecular formula is C20H23ClFN3O. The molecule has 1 fully saturated rings. The minimum absolute atomic E-state index is 0.113. The third-order valence-corrected chi connectivity index (χ3v) is 5.64. The molecule has 138 valence electrons. The Balaban J connectivity index is 1.86. The fraction of sp³-hybridized carbons (Fsp3) is 0.450. The van der Waals surface area contributed by atoms with Crippen molar-refractivity contribution in [1.29, 1.82) is 0 Å². The van der Waals surface area contributed by atoms with Gasteiger partial charge in [-0.05, 0) is 37.1 Å². The van der Waals surface area contributed by atoms with E-state index in [0.717, 1.165) is 55.1 Å². The van der Waals surface area contributed by atoms with Crippen LogP contribution >= 0.6 is 11.6 Å². The van der Waals surface area contributed by atoms with Crippen LogP contribution < -0.4 is 0 Å². The summed E-state index contributed by atoms with van der Waals surface area (Å²) in [4.78, 5) is 9.38. The molecule has 0 saturated carbocycles. The van der Waals surface area contributed by atoms with Crippen molar-refractivity contribution in [3.8, 4) is 11.3 Å². The second-order valence-corrected chi connectivity index (χ2v) is 7.69. The van der Waals surface area contributed by atoms with E-state index in [4.69, 9.17) is 16.0 Å². The van der Waals surface area contributed by atoms with Crippen molar-refractivity contribution < 1.29 is 8.81 Å². The summed E-state index contributed by atoms with van der Waals surface area (Å²) in [6.07, 6.45) is 3.05. The van der Waals surface area contributed by atoms with Crippen molar-refractivity contribution in [1.82, 2.24) is 14.8 Å². The molecule has 1 aliphatic carbocycles. The first kappa shape index (κ1) is 17.6. The van der Waals surface area contributed by atoms with Crippen molar-refractivity contribution in [2.45, 2.75) is 26.2 Å². The molecule has 4 rings (SSSR count). The zero-order valence-electron chi connectivity index (χ0n) is 15.4. The summed E-state index contributed by atoms with van der Waals surface area (Å²) in [7, 11) is 2.14. The molecule has 0 bridgehead atoms. The highest BCUT2D eigenvalue weighted by Gasteiger charge is 2.29. The van der Waals surface area contributed by atoms with Gasteiger partial charge < -0.3 is 14.2 Å². The summed E-state index contributed by atoms with van der Waals surface area (Å²) in [5, 5.41) is 0.113. The van der Waals surface area contributed by atoms with Gasteiger partial charge in [0.2, 0.25) is 0 Å². The minimum atomic E-state index is -0.390. The number of hydrogen-bond donors (Lipinski definition) is 0. The zero-order chi connectivity index (χ0) is 18.4. The Labute approximate surface area is 158 Å². The van der Waals surface area contributed by atoms with E-state index in [2.05, 4.69) is 34.8 Å². The number of fused-ring (bicyclic) bond motifs is 3. The number of hydrogen-bond acceptors (Lipinski definition) is 4. The van der Waals surface area contributed by atoms with E-state index in [1.54, 1.807) is 12.1 Å². The molecule has 6 heteroatoms. The number of piperazine rings is 1. The van der Waals surface area contributed by atoms with Gasteiger partial charge in [0.25, 0.3) is 0 Å². The van der Waals surface area contributed by atoms with Crippen LogP contribution in [-0.4, -0.2) is 48.0 Å². The van der Waals surface area contributed by atoms with Crippen molar-refractivity contribution in [2.24, 2.45) is 0 Å². The molecule has 0 amide bonds. The first-order valence-electron chi connectivity index (χ1n) is 9.05. The maximum absolute atomic E-state index is 14.1. The third-order valence-electron chi connectivity index (χ3n) is 5.35. The van der Waals surface area contributed by atoms with Gasteiger partial charge in [0, 0.05) is 38.7 Å². The van der Waals surface area contributed by atoms with Gasteiger partial charge in [0.1, 0.15) is 11.5 Å². The fourth-order valence-electron chi connectivity index (χ4n) is 3.79. The maximum Gasteiger partial charge on any atom is 0.192 e. The summed E-state index contributed by atoms with van der Waals surface area (Å²) in [6, 6.07) is 3.22. The molecule has 1 unspecified atom stereocenters. The number of aryl methyl sites for hydroxylation is 1. The van der Waals surface area contributed by atoms with Gasteiger partial charge in [-0.15, -0.1) is 0 Å². The van der Waals surface area contributed by atoms with Crippen LogP contribution in [0.1, 0.15) is 36.4 Å². The lowest BCUT2D eigenvalue weighted by Gasteiger charge is -2.36. The second kappa shape index (κ2) is 6.71. The van der Waals surface area contributed by atoms with Crippen molar-refractivity contribution >= 4 is 17.3 Å². The van der Waals surface area contributed by atoms with Crippen LogP contribution in [0.5, 0.6) is 0 Å². The fourth-order valence-corrected chi connectivity index (χ4v) is 3.95. The third kappa shape index (κ3) is 3.03. The lowest BCUT2D eigenvalue weighted by atomic mass is 9.88. The second-order valence-electron chi connectivity index (χ2n) is 7.28. The Bertz CT molecular complexity index is 868. The number of allylic oxidation sites excluding steroid dienone is 1. The van der Waals surface area contributed by atoms with Crippen LogP contribution in [0, 0.1) is 12.7 Å². The number of oxazole rings is 1. The topological polar surface area (TPSA) is 32.5 Å². The standard InChI is InChI=1S/C20H23ClFN3O/c1-12-4-5-18(25-8-6-24(3)7-9-25)19-20(26-13(2)23-19)15-10-16(21)17(22)11-14(12)15/h5,10-12H,4,6-9H2,1-3H3/b18-5-. The van der Waals surface area contributed by atoms with Gasteiger partial charge in [-0.1, -0.05) is 24.6 Å². The lowest BCUT2D eigenvalue weighted by Crippen LogP contribution is -2.43. The average Bonchev–Trinajstić information content (AvgIpc) is 2.98. The number of likely N-dealkylation sites (N-methyl/N-ethyl adjacent to an activating group) is 1. The largest absolute Gasteiger partial charge is 0.440 e. The summed E-state index contributed by atoms with van der Waals surface area (Å²) >= 11 is 6.09. The van der Waals surface area contributed by atoms with Gasteiger partial charge in [-0.3, -0.25) is 0 Å². The molecule has 0 radical (unpaired) electrons. The number of benzene rings is 1. The van der Waals surface area contributed by atoms with E-state index < -0.39 is 0 Å². The molecule has 1 aliphatic heterocycles. The van der Waals surface area contributed by atoms with Gasteiger partial charge in [-0.2, -0.15) is 0 Å². The molecule has 1 saturated heterocycles. The molecule has 1 aromatic carbocycles. The Hall–Kier alpha value is -1.85. The molecule has 4 nitrogen and oxygen atoms in total. The number of nitrogens with zero attached hydrogens (tertiary/aromatic N) is 3. The number of halogens is 2. The maximum atomic E-state index is 14.1. The Kier molecular flexibility index (Phi) is 4.53. The SMILES string of the molecule is Cc1nc2c(o1)-c1cc(Cl)c(F)cc1C(C)C/C=C/2N1CCN(C)CC1. The highest BCUT2D eigenvalue weighted by atomic mass is 35.5. The van der Waals surface area contributed by atoms with E-state index in [0.29, 0.717) is 11.7 Å². The molecule has 2 aliphatic rings. The Morgan fingerprint density at radius 2 is 1.96 bits per heavy atom. The molecule has 0 spiro atoms. The highest BCUT2D eigenvalue weighted by molar-refractivity contribution is 6.31. The predicted octanol–water partition coefficient (Wildman–Crippen LogP) is 4.54. The molecular weight excluding hydrogens is 353 g/mol.